The Bertz CT molecular complexity index is 1130. The van der Waals surface area contributed by atoms with Gasteiger partial charge in [-0.25, -0.2) is 8.78 Å². The molecule has 2 aliphatic rings. The molecular weight excluding hydrogens is 412 g/mol. The molecule has 3 atom stereocenters. The maximum absolute atomic E-state index is 13.8. The topological polar surface area (TPSA) is 63.2 Å². The van der Waals surface area contributed by atoms with E-state index >= 15 is 0 Å². The van der Waals surface area contributed by atoms with Crippen molar-refractivity contribution in [1.82, 2.24) is 15.2 Å². The van der Waals surface area contributed by atoms with E-state index in [0.29, 0.717) is 17.9 Å². The van der Waals surface area contributed by atoms with E-state index in [-0.39, 0.29) is 11.6 Å². The van der Waals surface area contributed by atoms with Gasteiger partial charge >= 0.3 is 0 Å². The Morgan fingerprint density at radius 3 is 2.62 bits per heavy atom. The van der Waals surface area contributed by atoms with Crippen LogP contribution in [0.2, 0.25) is 0 Å². The number of nitrogens with zero attached hydrogens (tertiary/aromatic N) is 4. The second-order valence-corrected chi connectivity index (χ2v) is 8.93. The van der Waals surface area contributed by atoms with Crippen LogP contribution in [-0.4, -0.2) is 40.5 Å². The molecule has 6 nitrogen and oxygen atoms in total. The van der Waals surface area contributed by atoms with Gasteiger partial charge in [0.05, 0.1) is 54.4 Å². The highest BCUT2D eigenvalue weighted by atomic mass is 19.3. The minimum atomic E-state index is -2.89. The monoisotopic (exact) mass is 439 g/mol. The molecule has 1 aromatic carbocycles. The number of fused-ring (bicyclic) bond motifs is 3. The Hall–Kier alpha value is -2.87. The molecule has 1 N–H and O–H groups in total. The molecule has 2 aromatic heterocycles. The molecule has 0 aliphatic carbocycles. The number of ether oxygens (including phenoxy) is 1. The predicted molar refractivity (Wildman–Crippen MR) is 120 cm³/mol. The van der Waals surface area contributed by atoms with Crippen molar-refractivity contribution in [3.63, 3.8) is 0 Å². The first-order valence-electron chi connectivity index (χ1n) is 11.0. The quantitative estimate of drug-likeness (QED) is 0.605. The van der Waals surface area contributed by atoms with Crippen LogP contribution in [0.25, 0.3) is 10.9 Å². The Morgan fingerprint density at radius 1 is 1.16 bits per heavy atom. The van der Waals surface area contributed by atoms with Gasteiger partial charge < -0.3 is 15.0 Å². The molecule has 4 heterocycles. The SMILES string of the molecule is Cc1nnc(N[C@H](C)c2cccc(C(C)(F)F)c2)c2cc(N3C4CCC3COC4)cnc12. The van der Waals surface area contributed by atoms with Gasteiger partial charge in [-0.05, 0) is 44.4 Å². The van der Waals surface area contributed by atoms with Crippen LogP contribution in [-0.2, 0) is 10.7 Å². The van der Waals surface area contributed by atoms with Crippen molar-refractivity contribution >= 4 is 22.4 Å². The highest BCUT2D eigenvalue weighted by molar-refractivity contribution is 5.92. The highest BCUT2D eigenvalue weighted by Gasteiger charge is 2.37. The fraction of sp³-hybridized carbons (Fsp3) is 0.458. The summed E-state index contributed by atoms with van der Waals surface area (Å²) >= 11 is 0. The zero-order valence-electron chi connectivity index (χ0n) is 18.5. The summed E-state index contributed by atoms with van der Waals surface area (Å²) in [5, 5.41) is 12.9. The Labute approximate surface area is 186 Å². The zero-order valence-corrected chi connectivity index (χ0v) is 18.5. The summed E-state index contributed by atoms with van der Waals surface area (Å²) in [6.07, 6.45) is 4.15. The maximum atomic E-state index is 13.8. The van der Waals surface area contributed by atoms with E-state index in [1.165, 1.54) is 12.1 Å². The number of nitrogens with one attached hydrogen (secondary N) is 1. The van der Waals surface area contributed by atoms with Crippen LogP contribution >= 0.6 is 0 Å². The fourth-order valence-electron chi connectivity index (χ4n) is 4.82. The van der Waals surface area contributed by atoms with Gasteiger partial charge in [-0.15, -0.1) is 5.10 Å². The summed E-state index contributed by atoms with van der Waals surface area (Å²) in [7, 11) is 0. The van der Waals surface area contributed by atoms with Crippen LogP contribution in [0.5, 0.6) is 0 Å². The van der Waals surface area contributed by atoms with Crippen molar-refractivity contribution in [1.29, 1.82) is 0 Å². The average Bonchev–Trinajstić information content (AvgIpc) is 3.03. The third-order valence-corrected chi connectivity index (χ3v) is 6.56. The third kappa shape index (κ3) is 3.77. The standard InChI is InChI=1S/C24H27F2N5O/c1-14(16-5-4-6-17(9-16)24(3,25)26)28-23-21-10-20(11-27-22(21)15(2)29-30-23)31-18-7-8-19(31)13-32-12-18/h4-6,9-11,14,18-19H,7-8,12-13H2,1-3H3,(H,28,30)/t14-,18?,19?/m1/s1. The first-order chi connectivity index (χ1) is 15.3. The van der Waals surface area contributed by atoms with Gasteiger partial charge in [0.15, 0.2) is 5.82 Å². The summed E-state index contributed by atoms with van der Waals surface area (Å²) in [6, 6.07) is 9.11. The molecule has 3 aromatic rings. The van der Waals surface area contributed by atoms with E-state index in [9.17, 15) is 8.78 Å². The Balaban J connectivity index is 1.49. The zero-order chi connectivity index (χ0) is 22.5. The van der Waals surface area contributed by atoms with Crippen molar-refractivity contribution in [2.45, 2.75) is 57.7 Å². The van der Waals surface area contributed by atoms with Gasteiger partial charge in [0.1, 0.15) is 0 Å². The van der Waals surface area contributed by atoms with Crippen LogP contribution < -0.4 is 10.2 Å². The number of anilines is 2. The lowest BCUT2D eigenvalue weighted by Crippen LogP contribution is -2.45. The van der Waals surface area contributed by atoms with Gasteiger partial charge in [0, 0.05) is 17.9 Å². The minimum Gasteiger partial charge on any atom is -0.377 e. The number of aromatic nitrogens is 3. The van der Waals surface area contributed by atoms with E-state index in [1.54, 1.807) is 6.07 Å². The molecule has 0 spiro atoms. The molecule has 2 saturated heterocycles. The van der Waals surface area contributed by atoms with E-state index in [0.717, 1.165) is 60.8 Å². The number of aryl methyl sites for hydroxylation is 1. The lowest BCUT2D eigenvalue weighted by molar-refractivity contribution is 0.0174. The van der Waals surface area contributed by atoms with Gasteiger partial charge in [0.2, 0.25) is 0 Å². The van der Waals surface area contributed by atoms with Crippen molar-refractivity contribution in [3.8, 4) is 0 Å². The maximum Gasteiger partial charge on any atom is 0.270 e. The number of pyridine rings is 1. The largest absolute Gasteiger partial charge is 0.377 e. The number of hydrogen-bond acceptors (Lipinski definition) is 6. The molecular formula is C24H27F2N5O. The number of hydrogen-bond donors (Lipinski definition) is 1. The summed E-state index contributed by atoms with van der Waals surface area (Å²) in [5.41, 5.74) is 3.35. The predicted octanol–water partition coefficient (Wildman–Crippen LogP) is 4.99. The van der Waals surface area contributed by atoms with Crippen LogP contribution in [0.1, 0.15) is 49.6 Å². The first-order valence-corrected chi connectivity index (χ1v) is 11.0. The summed E-state index contributed by atoms with van der Waals surface area (Å²) in [4.78, 5) is 7.14. The van der Waals surface area contributed by atoms with E-state index in [2.05, 4.69) is 26.5 Å². The molecule has 0 radical (unpaired) electrons. The van der Waals surface area contributed by atoms with Crippen molar-refractivity contribution in [3.05, 3.63) is 53.3 Å². The molecule has 2 unspecified atom stereocenters. The Morgan fingerprint density at radius 2 is 1.91 bits per heavy atom. The fourth-order valence-corrected chi connectivity index (χ4v) is 4.82. The van der Waals surface area contributed by atoms with Gasteiger partial charge in [0.25, 0.3) is 5.92 Å². The van der Waals surface area contributed by atoms with Crippen LogP contribution in [0.15, 0.2) is 36.5 Å². The summed E-state index contributed by atoms with van der Waals surface area (Å²) in [6.45, 7) is 6.21. The third-order valence-electron chi connectivity index (χ3n) is 6.56. The summed E-state index contributed by atoms with van der Waals surface area (Å²) < 4.78 is 33.3. The number of alkyl halides is 2. The van der Waals surface area contributed by atoms with Gasteiger partial charge in [-0.2, -0.15) is 5.10 Å². The molecule has 5 rings (SSSR count). The number of halogens is 2. The summed E-state index contributed by atoms with van der Waals surface area (Å²) in [5.74, 6) is -2.29. The molecule has 2 fully saturated rings. The van der Waals surface area contributed by atoms with Crippen molar-refractivity contribution in [2.75, 3.05) is 23.4 Å². The molecule has 2 aliphatic heterocycles. The first kappa shape index (κ1) is 21.0. The van der Waals surface area contributed by atoms with E-state index < -0.39 is 5.92 Å². The average molecular weight is 440 g/mol. The van der Waals surface area contributed by atoms with Crippen LogP contribution in [0, 0.1) is 6.92 Å². The number of morpholine rings is 1. The van der Waals surface area contributed by atoms with E-state index in [4.69, 9.17) is 9.72 Å². The second kappa shape index (κ2) is 7.92. The van der Waals surface area contributed by atoms with E-state index in [1.807, 2.05) is 26.1 Å². The molecule has 32 heavy (non-hydrogen) atoms. The molecule has 8 heteroatoms. The van der Waals surface area contributed by atoms with Crippen LogP contribution in [0.3, 0.4) is 0 Å². The van der Waals surface area contributed by atoms with Crippen molar-refractivity contribution < 1.29 is 13.5 Å². The van der Waals surface area contributed by atoms with Crippen LogP contribution in [0.4, 0.5) is 20.3 Å². The molecule has 2 bridgehead atoms. The second-order valence-electron chi connectivity index (χ2n) is 8.93. The lowest BCUT2D eigenvalue weighted by atomic mass is 10.0. The molecule has 168 valence electrons. The molecule has 0 amide bonds. The number of benzene rings is 1. The normalized spacial score (nSPS) is 21.7. The highest BCUT2D eigenvalue weighted by Crippen LogP contribution is 2.36. The lowest BCUT2D eigenvalue weighted by Gasteiger charge is -2.36. The number of rotatable bonds is 5. The van der Waals surface area contributed by atoms with Gasteiger partial charge in [-0.3, -0.25) is 4.98 Å². The molecule has 0 saturated carbocycles. The smallest absolute Gasteiger partial charge is 0.270 e. The minimum absolute atomic E-state index is 0.00440. The van der Waals surface area contributed by atoms with Crippen molar-refractivity contribution in [2.24, 2.45) is 0 Å². The van der Waals surface area contributed by atoms with Gasteiger partial charge in [-0.1, -0.05) is 18.2 Å². The Kier molecular flexibility index (Phi) is 5.20.